The van der Waals surface area contributed by atoms with Crippen molar-refractivity contribution in [1.82, 2.24) is 0 Å². The molecule has 0 aliphatic heterocycles. The van der Waals surface area contributed by atoms with Crippen molar-refractivity contribution < 1.29 is 23.3 Å². The van der Waals surface area contributed by atoms with Crippen LogP contribution in [-0.4, -0.2) is 0 Å². The Morgan fingerprint density at radius 2 is 1.73 bits per heavy atom. The zero-order valence-electron chi connectivity index (χ0n) is 6.97. The summed E-state index contributed by atoms with van der Waals surface area (Å²) in [5.74, 6) is 0.635. The van der Waals surface area contributed by atoms with Gasteiger partial charge in [0.1, 0.15) is 0 Å². The Morgan fingerprint density at radius 1 is 1.18 bits per heavy atom. The fourth-order valence-corrected chi connectivity index (χ4v) is 4.16. The summed E-state index contributed by atoms with van der Waals surface area (Å²) >= 11 is -1.13. The second-order valence-corrected chi connectivity index (χ2v) is 9.59. The monoisotopic (exact) mass is 356 g/mol. The second kappa shape index (κ2) is 4.47. The zero-order chi connectivity index (χ0) is 8.27. The minimum absolute atomic E-state index is 0.635. The number of rotatable bonds is 2. The van der Waals surface area contributed by atoms with Crippen LogP contribution in [0.4, 0.5) is 0 Å². The summed E-state index contributed by atoms with van der Waals surface area (Å²) < 4.78 is 1.41. The molecular formula is C9H11ClHg. The number of benzene rings is 1. The van der Waals surface area contributed by atoms with Crippen molar-refractivity contribution in [3.05, 3.63) is 29.8 Å². The maximum absolute atomic E-state index is 5.88. The van der Waals surface area contributed by atoms with E-state index < -0.39 is 23.3 Å². The Labute approximate surface area is 83.8 Å². The molecule has 1 aromatic carbocycles. The van der Waals surface area contributed by atoms with Gasteiger partial charge in [0.2, 0.25) is 0 Å². The molecule has 0 nitrogen and oxygen atoms in total. The Hall–Kier alpha value is 0.445. The molecule has 1 rings (SSSR count). The number of halogens is 1. The third-order valence-corrected chi connectivity index (χ3v) is 7.54. The normalized spacial score (nSPS) is 9.82. The van der Waals surface area contributed by atoms with Gasteiger partial charge in [-0.3, -0.25) is 0 Å². The first-order valence-corrected chi connectivity index (χ1v) is 13.4. The van der Waals surface area contributed by atoms with E-state index in [4.69, 9.17) is 8.25 Å². The Bertz CT molecular complexity index is 216. The topological polar surface area (TPSA) is 0 Å². The molecule has 0 fully saturated rings. The molecular weight excluding hydrogens is 344 g/mol. The molecule has 0 spiro atoms. The molecule has 0 N–H and O–H groups in total. The van der Waals surface area contributed by atoms with Gasteiger partial charge in [0.15, 0.2) is 0 Å². The summed E-state index contributed by atoms with van der Waals surface area (Å²) in [6, 6.07) is 8.76. The van der Waals surface area contributed by atoms with E-state index in [1.54, 1.807) is 0 Å². The van der Waals surface area contributed by atoms with Gasteiger partial charge in [0.05, 0.1) is 0 Å². The molecule has 0 aliphatic rings. The molecule has 11 heavy (non-hydrogen) atoms. The van der Waals surface area contributed by atoms with Crippen molar-refractivity contribution >= 4 is 11.3 Å². The van der Waals surface area contributed by atoms with E-state index in [-0.39, 0.29) is 0 Å². The van der Waals surface area contributed by atoms with Crippen LogP contribution < -0.4 is 3.07 Å². The standard InChI is InChI=1S/C9H11.ClH.Hg/c1-8(2)9-6-4-3-5-7-9;;/h4-8H,1-2H3;1H;/q;;+1/p-1. The van der Waals surface area contributed by atoms with Crippen LogP contribution in [0.25, 0.3) is 0 Å². The van der Waals surface area contributed by atoms with E-state index in [2.05, 4.69) is 38.1 Å². The van der Waals surface area contributed by atoms with Crippen molar-refractivity contribution in [2.24, 2.45) is 0 Å². The van der Waals surface area contributed by atoms with Gasteiger partial charge >= 0.3 is 84.3 Å². The summed E-state index contributed by atoms with van der Waals surface area (Å²) in [6.07, 6.45) is 0. The zero-order valence-corrected chi connectivity index (χ0v) is 13.2. The summed E-state index contributed by atoms with van der Waals surface area (Å²) in [5.41, 5.74) is 1.41. The summed E-state index contributed by atoms with van der Waals surface area (Å²) in [6.45, 7) is 4.42. The van der Waals surface area contributed by atoms with E-state index in [9.17, 15) is 0 Å². The fourth-order valence-electron chi connectivity index (χ4n) is 0.992. The third kappa shape index (κ3) is 2.75. The van der Waals surface area contributed by atoms with Crippen molar-refractivity contribution in [2.75, 3.05) is 0 Å². The molecule has 0 bridgehead atoms. The predicted molar refractivity (Wildman–Crippen MR) is 46.0 cm³/mol. The molecule has 0 aliphatic carbocycles. The SMILES string of the molecule is CC(C)c1cc[c]([Hg][Cl])cc1. The van der Waals surface area contributed by atoms with E-state index >= 15 is 0 Å². The van der Waals surface area contributed by atoms with Gasteiger partial charge < -0.3 is 0 Å². The molecule has 2 heteroatoms. The molecule has 0 heterocycles. The van der Waals surface area contributed by atoms with Gasteiger partial charge in [0, 0.05) is 0 Å². The average Bonchev–Trinajstić information content (AvgIpc) is 2.05. The molecule has 0 aromatic heterocycles. The van der Waals surface area contributed by atoms with Gasteiger partial charge in [-0.15, -0.1) is 0 Å². The van der Waals surface area contributed by atoms with Gasteiger partial charge in [-0.2, -0.15) is 0 Å². The molecule has 0 radical (unpaired) electrons. The molecule has 1 aromatic rings. The average molecular weight is 355 g/mol. The first-order chi connectivity index (χ1) is 5.24. The Kier molecular flexibility index (Phi) is 3.87. The summed E-state index contributed by atoms with van der Waals surface area (Å²) in [5, 5.41) is 0. The van der Waals surface area contributed by atoms with Crippen molar-refractivity contribution in [3.8, 4) is 0 Å². The first-order valence-electron chi connectivity index (χ1n) is 3.89. The minimum atomic E-state index is -1.13. The van der Waals surface area contributed by atoms with Crippen LogP contribution in [-0.2, 0) is 23.3 Å². The van der Waals surface area contributed by atoms with Crippen molar-refractivity contribution in [2.45, 2.75) is 19.8 Å². The Balaban J connectivity index is 2.83. The molecule has 0 saturated heterocycles. The fraction of sp³-hybridized carbons (Fsp3) is 0.333. The molecule has 56 valence electrons. The van der Waals surface area contributed by atoms with E-state index in [1.807, 2.05) is 0 Å². The number of hydrogen-bond acceptors (Lipinski definition) is 0. The quantitative estimate of drug-likeness (QED) is 0.716. The first kappa shape index (κ1) is 9.53. The molecule has 0 atom stereocenters. The van der Waals surface area contributed by atoms with Crippen LogP contribution in [0, 0.1) is 0 Å². The van der Waals surface area contributed by atoms with Crippen LogP contribution in [0.15, 0.2) is 24.3 Å². The Morgan fingerprint density at radius 3 is 2.09 bits per heavy atom. The van der Waals surface area contributed by atoms with Crippen LogP contribution in [0.3, 0.4) is 0 Å². The molecule has 0 saturated carbocycles. The molecule has 0 unspecified atom stereocenters. The molecule has 0 amide bonds. The van der Waals surface area contributed by atoms with Crippen LogP contribution in [0.5, 0.6) is 0 Å². The maximum atomic E-state index is 5.88. The van der Waals surface area contributed by atoms with Gasteiger partial charge in [-0.05, 0) is 0 Å². The third-order valence-electron chi connectivity index (χ3n) is 1.80. The van der Waals surface area contributed by atoms with E-state index in [0.717, 1.165) is 0 Å². The van der Waals surface area contributed by atoms with Gasteiger partial charge in [-0.1, -0.05) is 0 Å². The predicted octanol–water partition coefficient (Wildman–Crippen LogP) is 2.67. The van der Waals surface area contributed by atoms with E-state index in [1.165, 1.54) is 8.64 Å². The van der Waals surface area contributed by atoms with Crippen molar-refractivity contribution in [1.29, 1.82) is 0 Å². The van der Waals surface area contributed by atoms with E-state index in [0.29, 0.717) is 5.92 Å². The van der Waals surface area contributed by atoms with Gasteiger partial charge in [0.25, 0.3) is 0 Å². The van der Waals surface area contributed by atoms with Crippen LogP contribution in [0.1, 0.15) is 25.3 Å². The summed E-state index contributed by atoms with van der Waals surface area (Å²) in [7, 11) is 5.88. The van der Waals surface area contributed by atoms with Crippen LogP contribution in [0.2, 0.25) is 0 Å². The number of hydrogen-bond donors (Lipinski definition) is 0. The van der Waals surface area contributed by atoms with Crippen LogP contribution >= 0.6 is 8.25 Å². The summed E-state index contributed by atoms with van der Waals surface area (Å²) in [4.78, 5) is 0. The van der Waals surface area contributed by atoms with Gasteiger partial charge in [-0.25, -0.2) is 0 Å². The second-order valence-electron chi connectivity index (χ2n) is 3.03. The van der Waals surface area contributed by atoms with Crippen molar-refractivity contribution in [3.63, 3.8) is 0 Å².